The van der Waals surface area contributed by atoms with Crippen molar-refractivity contribution in [1.82, 2.24) is 0 Å². The predicted molar refractivity (Wildman–Crippen MR) is 75.3 cm³/mol. The molecule has 0 amide bonds. The van der Waals surface area contributed by atoms with Crippen LogP contribution in [0.3, 0.4) is 0 Å². The van der Waals surface area contributed by atoms with E-state index in [0.717, 1.165) is 19.5 Å². The van der Waals surface area contributed by atoms with E-state index in [9.17, 15) is 0 Å². The van der Waals surface area contributed by atoms with Gasteiger partial charge in [-0.25, -0.2) is 0 Å². The molecule has 1 rings (SSSR count). The Kier molecular flexibility index (Phi) is 6.95. The third kappa shape index (κ3) is 3.99. The summed E-state index contributed by atoms with van der Waals surface area (Å²) in [6, 6.07) is 0. The van der Waals surface area contributed by atoms with Gasteiger partial charge in [0, 0.05) is 0 Å². The lowest BCUT2D eigenvalue weighted by Crippen LogP contribution is -2.08. The first kappa shape index (κ1) is 12.8. The third-order valence-electron chi connectivity index (χ3n) is 3.05. The van der Waals surface area contributed by atoms with E-state index in [-0.39, 0.29) is 7.30 Å². The van der Waals surface area contributed by atoms with Crippen molar-refractivity contribution in [1.29, 1.82) is 0 Å². The Morgan fingerprint density at radius 3 is 2.85 bits per heavy atom. The van der Waals surface area contributed by atoms with Crippen LogP contribution in [0, 0.1) is 5.92 Å². The molecule has 4 heteroatoms. The van der Waals surface area contributed by atoms with Gasteiger partial charge in [-0.2, -0.15) is 0 Å². The van der Waals surface area contributed by atoms with Gasteiger partial charge in [-0.05, 0) is 30.8 Å². The summed E-state index contributed by atoms with van der Waals surface area (Å²) in [6.45, 7) is 2.31. The van der Waals surface area contributed by atoms with Crippen LogP contribution in [0.4, 0.5) is 0 Å². The van der Waals surface area contributed by atoms with Gasteiger partial charge in [0.1, 0.15) is 0 Å². The molecule has 0 N–H and O–H groups in total. The van der Waals surface area contributed by atoms with Gasteiger partial charge >= 0.3 is 0 Å². The van der Waals surface area contributed by atoms with Gasteiger partial charge in [0.2, 0.25) is 0 Å². The summed E-state index contributed by atoms with van der Waals surface area (Å²) in [5, 5.41) is 0. The topological polar surface area (TPSA) is 0 Å². The fourth-order valence-corrected chi connectivity index (χ4v) is 8.18. The van der Waals surface area contributed by atoms with Crippen molar-refractivity contribution in [3.8, 4) is 0 Å². The van der Waals surface area contributed by atoms with E-state index >= 15 is 0 Å². The largest absolute Gasteiger partial charge is 0.110 e. The fraction of sp³-hybridized carbons (Fsp3) is 1.00. The average molecular weight is 254 g/mol. The van der Waals surface area contributed by atoms with Gasteiger partial charge in [-0.15, -0.1) is 17.9 Å². The Balaban J connectivity index is 2.34. The molecule has 0 aromatic carbocycles. The summed E-state index contributed by atoms with van der Waals surface area (Å²) in [5.74, 6) is 1.08. The maximum atomic E-state index is 3.12. The molecular formula is C9H22P4. The maximum absolute atomic E-state index is 3.12. The lowest BCUT2D eigenvalue weighted by atomic mass is 10.0. The highest BCUT2D eigenvalue weighted by Crippen LogP contribution is 2.72. The highest BCUT2D eigenvalue weighted by atomic mass is 32.6. The normalized spacial score (nSPS) is 31.6. The molecule has 4 unspecified atom stereocenters. The third-order valence-corrected chi connectivity index (χ3v) is 14.5. The molecule has 13 heavy (non-hydrogen) atoms. The lowest BCUT2D eigenvalue weighted by molar-refractivity contribution is 0.488. The summed E-state index contributed by atoms with van der Waals surface area (Å²) in [5.41, 5.74) is 1.09. The molecular weight excluding hydrogens is 232 g/mol. The minimum atomic E-state index is 0.272. The van der Waals surface area contributed by atoms with Crippen LogP contribution in [0.2, 0.25) is 0 Å². The van der Waals surface area contributed by atoms with Crippen molar-refractivity contribution in [3.05, 3.63) is 0 Å². The molecule has 0 spiro atoms. The quantitative estimate of drug-likeness (QED) is 0.605. The second-order valence-corrected chi connectivity index (χ2v) is 13.5. The average Bonchev–Trinajstić information content (AvgIpc) is 2.61. The van der Waals surface area contributed by atoms with Crippen molar-refractivity contribution in [2.24, 2.45) is 5.92 Å². The van der Waals surface area contributed by atoms with E-state index in [4.69, 9.17) is 0 Å². The van der Waals surface area contributed by atoms with Crippen molar-refractivity contribution < 1.29 is 0 Å². The first-order valence-electron chi connectivity index (χ1n) is 5.29. The first-order chi connectivity index (χ1) is 6.29. The highest BCUT2D eigenvalue weighted by molar-refractivity contribution is 8.61. The van der Waals surface area contributed by atoms with E-state index in [1.54, 1.807) is 0 Å². The molecule has 0 heterocycles. The van der Waals surface area contributed by atoms with Crippen LogP contribution in [0.1, 0.15) is 45.4 Å². The molecule has 0 bridgehead atoms. The zero-order valence-corrected chi connectivity index (χ0v) is 12.7. The molecule has 0 aromatic heterocycles. The SMILES string of the molecule is CCCC[C@H]1CCC[C@H]1P(P)PP. The second kappa shape index (κ2) is 7.07. The van der Waals surface area contributed by atoms with Crippen LogP contribution in [-0.2, 0) is 0 Å². The van der Waals surface area contributed by atoms with Crippen molar-refractivity contribution in [2.45, 2.75) is 51.1 Å². The van der Waals surface area contributed by atoms with Crippen LogP contribution in [-0.4, -0.2) is 5.66 Å². The zero-order chi connectivity index (χ0) is 9.68. The minimum absolute atomic E-state index is 0.272. The summed E-state index contributed by atoms with van der Waals surface area (Å²) >= 11 is 0. The van der Waals surface area contributed by atoms with E-state index in [0.29, 0.717) is 0 Å². The number of unbranched alkanes of at least 4 members (excludes halogenated alkanes) is 1. The van der Waals surface area contributed by atoms with Gasteiger partial charge in [-0.3, -0.25) is 0 Å². The summed E-state index contributed by atoms with van der Waals surface area (Å²) in [4.78, 5) is 0. The molecule has 78 valence electrons. The van der Waals surface area contributed by atoms with Gasteiger partial charge in [0.15, 0.2) is 0 Å². The summed E-state index contributed by atoms with van der Waals surface area (Å²) in [6.07, 6.45) is 8.87. The number of rotatable bonds is 5. The van der Waals surface area contributed by atoms with Crippen molar-refractivity contribution in [3.63, 3.8) is 0 Å². The maximum Gasteiger partial charge on any atom is -0.0108 e. The van der Waals surface area contributed by atoms with E-state index < -0.39 is 0 Å². The van der Waals surface area contributed by atoms with E-state index in [1.807, 2.05) is 0 Å². The minimum Gasteiger partial charge on any atom is -0.110 e. The molecule has 0 aromatic rings. The molecule has 1 fully saturated rings. The van der Waals surface area contributed by atoms with Gasteiger partial charge in [0.25, 0.3) is 0 Å². The second-order valence-electron chi connectivity index (χ2n) is 3.94. The van der Waals surface area contributed by atoms with Gasteiger partial charge in [-0.1, -0.05) is 41.4 Å². The molecule has 1 saturated carbocycles. The van der Waals surface area contributed by atoms with Crippen LogP contribution >= 0.6 is 33.1 Å². The number of hydrogen-bond donors (Lipinski definition) is 0. The monoisotopic (exact) mass is 254 g/mol. The molecule has 0 nitrogen and oxygen atoms in total. The van der Waals surface area contributed by atoms with E-state index in [2.05, 4.69) is 24.8 Å². The van der Waals surface area contributed by atoms with Gasteiger partial charge in [0.05, 0.1) is 0 Å². The van der Waals surface area contributed by atoms with Crippen LogP contribution in [0.25, 0.3) is 0 Å². The standard InChI is InChI=1S/C9H22P4/c1-2-3-5-8-6-4-7-9(8)13(11)12-10/h8-9,12H,2-7,10-11H2,1H3/t8-,9+,13?/m0/s1. The fourth-order valence-electron chi connectivity index (χ4n) is 2.28. The Hall–Kier alpha value is 1.72. The van der Waals surface area contributed by atoms with Crippen LogP contribution < -0.4 is 0 Å². The predicted octanol–water partition coefficient (Wildman–Crippen LogP) is 5.00. The Morgan fingerprint density at radius 2 is 2.23 bits per heavy atom. The molecule has 0 saturated heterocycles. The van der Waals surface area contributed by atoms with Crippen molar-refractivity contribution in [2.75, 3.05) is 0 Å². The first-order valence-corrected chi connectivity index (χ1v) is 12.0. The summed E-state index contributed by atoms with van der Waals surface area (Å²) < 4.78 is 0. The van der Waals surface area contributed by atoms with E-state index in [1.165, 1.54) is 38.5 Å². The molecule has 0 radical (unpaired) electrons. The van der Waals surface area contributed by atoms with Gasteiger partial charge < -0.3 is 0 Å². The lowest BCUT2D eigenvalue weighted by Gasteiger charge is -2.24. The molecule has 1 aliphatic rings. The van der Waals surface area contributed by atoms with Crippen LogP contribution in [0.5, 0.6) is 0 Å². The smallest absolute Gasteiger partial charge is 0.0108 e. The Labute approximate surface area is 90.4 Å². The Morgan fingerprint density at radius 1 is 1.46 bits per heavy atom. The summed E-state index contributed by atoms with van der Waals surface area (Å²) in [7, 11) is 7.45. The molecule has 1 aliphatic carbocycles. The van der Waals surface area contributed by atoms with Crippen LogP contribution in [0.15, 0.2) is 0 Å². The van der Waals surface area contributed by atoms with Crippen molar-refractivity contribution >= 4 is 33.1 Å². The highest BCUT2D eigenvalue weighted by Gasteiger charge is 2.29. The number of hydrogen-bond acceptors (Lipinski definition) is 0. The Bertz CT molecular complexity index is 140. The zero-order valence-electron chi connectivity index (χ0n) is 8.50. The molecule has 6 atom stereocenters. The molecule has 0 aliphatic heterocycles.